The maximum absolute atomic E-state index is 7.80. The molecule has 0 saturated heterocycles. The first-order valence-corrected chi connectivity index (χ1v) is 1.76. The molecule has 0 saturated carbocycles. The number of hydrogen-bond donors (Lipinski definition) is 3. The van der Waals surface area contributed by atoms with E-state index in [1.807, 2.05) is 0 Å². The Morgan fingerprint density at radius 2 is 1.67 bits per heavy atom. The van der Waals surface area contributed by atoms with Gasteiger partial charge in [-0.2, -0.15) is 12.6 Å². The monoisotopic (exact) mass is 131 g/mol. The van der Waals surface area contributed by atoms with Crippen molar-refractivity contribution in [3.63, 3.8) is 0 Å². The van der Waals surface area contributed by atoms with Crippen LogP contribution in [0.1, 0.15) is 0 Å². The van der Waals surface area contributed by atoms with Crippen LogP contribution in [0.3, 0.4) is 0 Å². The normalized spacial score (nSPS) is 5.00. The topological polar surface area (TPSA) is 55.2 Å². The summed E-state index contributed by atoms with van der Waals surface area (Å²) in [6, 6.07) is 0. The van der Waals surface area contributed by atoms with Crippen molar-refractivity contribution in [1.29, 1.82) is 0 Å². The van der Waals surface area contributed by atoms with Gasteiger partial charge in [0.05, 0.1) is 6.61 Å². The zero-order valence-corrected chi connectivity index (χ0v) is 5.13. The van der Waals surface area contributed by atoms with Crippen LogP contribution in [0.25, 0.3) is 0 Å². The Balaban J connectivity index is -0.0000000450. The van der Waals surface area contributed by atoms with Crippen LogP contribution in [0.2, 0.25) is 0 Å². The van der Waals surface area contributed by atoms with Crippen molar-refractivity contribution in [3.8, 4) is 0 Å². The van der Waals surface area contributed by atoms with Gasteiger partial charge in [0, 0.05) is 5.75 Å². The summed E-state index contributed by atoms with van der Waals surface area (Å²) in [5, 5.41) is 7.80. The Labute approximate surface area is 49.3 Å². The van der Waals surface area contributed by atoms with Crippen LogP contribution in [0, 0.1) is 0 Å². The Bertz CT molecular complexity index is 15.5. The molecule has 6 heavy (non-hydrogen) atoms. The molecule has 4 N–H and O–H groups in total. The standard InChI is InChI=1S/C2H6OS.ClH.H3N/c3-1-2-4;;/h3-4H,1-2H2;1H;1H3. The summed E-state index contributed by atoms with van der Waals surface area (Å²) >= 11 is 3.67. The van der Waals surface area contributed by atoms with Gasteiger partial charge in [-0.15, -0.1) is 12.4 Å². The predicted octanol–water partition coefficient (Wildman–Crippen LogP) is 0.492. The molecule has 42 valence electrons. The number of hydrogen-bond acceptors (Lipinski definition) is 3. The summed E-state index contributed by atoms with van der Waals surface area (Å²) < 4.78 is 0. The summed E-state index contributed by atoms with van der Waals surface area (Å²) in [5.41, 5.74) is 0. The number of aliphatic hydroxyl groups is 1. The molecule has 0 aromatic rings. The second-order valence-electron chi connectivity index (χ2n) is 0.447. The Morgan fingerprint density at radius 1 is 1.50 bits per heavy atom. The molecule has 4 heteroatoms. The Hall–Kier alpha value is 0.560. The molecular formula is C2H10ClNOS. The van der Waals surface area contributed by atoms with Crippen molar-refractivity contribution in [2.75, 3.05) is 12.4 Å². The third-order valence-corrected chi connectivity index (χ3v) is 0.300. The van der Waals surface area contributed by atoms with Gasteiger partial charge < -0.3 is 11.3 Å². The van der Waals surface area contributed by atoms with Crippen LogP contribution in [-0.2, 0) is 0 Å². The van der Waals surface area contributed by atoms with Crippen LogP contribution in [0.4, 0.5) is 0 Å². The van der Waals surface area contributed by atoms with Gasteiger partial charge in [0.15, 0.2) is 0 Å². The molecule has 0 radical (unpaired) electrons. The molecule has 0 aliphatic heterocycles. The summed E-state index contributed by atoms with van der Waals surface area (Å²) in [5.74, 6) is 0.569. The minimum Gasteiger partial charge on any atom is -0.396 e. The van der Waals surface area contributed by atoms with E-state index in [0.29, 0.717) is 5.75 Å². The van der Waals surface area contributed by atoms with Crippen molar-refractivity contribution in [1.82, 2.24) is 6.15 Å². The van der Waals surface area contributed by atoms with E-state index in [2.05, 4.69) is 12.6 Å². The number of thiol groups is 1. The van der Waals surface area contributed by atoms with E-state index >= 15 is 0 Å². The van der Waals surface area contributed by atoms with Gasteiger partial charge in [0.25, 0.3) is 0 Å². The van der Waals surface area contributed by atoms with Crippen LogP contribution >= 0.6 is 25.0 Å². The minimum atomic E-state index is 0. The molecule has 0 heterocycles. The third kappa shape index (κ3) is 23.7. The van der Waals surface area contributed by atoms with Gasteiger partial charge in [0.2, 0.25) is 0 Å². The van der Waals surface area contributed by atoms with Gasteiger partial charge in [-0.3, -0.25) is 0 Å². The summed E-state index contributed by atoms with van der Waals surface area (Å²) in [6.07, 6.45) is 0. The molecule has 0 amide bonds. The summed E-state index contributed by atoms with van der Waals surface area (Å²) in [7, 11) is 0. The van der Waals surface area contributed by atoms with Gasteiger partial charge >= 0.3 is 0 Å². The average Bonchev–Trinajstić information content (AvgIpc) is 1.37. The first-order valence-electron chi connectivity index (χ1n) is 1.13. The van der Waals surface area contributed by atoms with Crippen LogP contribution in [0.15, 0.2) is 0 Å². The fourth-order valence-electron chi connectivity index (χ4n) is 0. The smallest absolute Gasteiger partial charge is 0.0519 e. The zero-order chi connectivity index (χ0) is 3.41. The molecule has 0 spiro atoms. The van der Waals surface area contributed by atoms with Crippen molar-refractivity contribution < 1.29 is 5.11 Å². The van der Waals surface area contributed by atoms with E-state index in [4.69, 9.17) is 5.11 Å². The van der Waals surface area contributed by atoms with Crippen LogP contribution in [0.5, 0.6) is 0 Å². The second-order valence-corrected chi connectivity index (χ2v) is 0.894. The van der Waals surface area contributed by atoms with E-state index in [-0.39, 0.29) is 25.2 Å². The van der Waals surface area contributed by atoms with Crippen molar-refractivity contribution in [2.45, 2.75) is 0 Å². The summed E-state index contributed by atoms with van der Waals surface area (Å²) in [6.45, 7) is 0.184. The third-order valence-electron chi connectivity index (χ3n) is 0.1000. The van der Waals surface area contributed by atoms with Crippen LogP contribution in [-0.4, -0.2) is 17.5 Å². The molecule has 0 bridgehead atoms. The van der Waals surface area contributed by atoms with Crippen LogP contribution < -0.4 is 6.15 Å². The maximum Gasteiger partial charge on any atom is 0.0519 e. The zero-order valence-electron chi connectivity index (χ0n) is 3.42. The second kappa shape index (κ2) is 17.6. The SMILES string of the molecule is Cl.N.OCCS. The average molecular weight is 132 g/mol. The van der Waals surface area contributed by atoms with E-state index in [1.54, 1.807) is 0 Å². The lowest BCUT2D eigenvalue weighted by Crippen LogP contribution is -1.76. The van der Waals surface area contributed by atoms with E-state index in [1.165, 1.54) is 0 Å². The largest absolute Gasteiger partial charge is 0.396 e. The molecule has 0 aliphatic carbocycles. The minimum absolute atomic E-state index is 0. The van der Waals surface area contributed by atoms with Crippen molar-refractivity contribution >= 4 is 25.0 Å². The molecule has 0 aromatic carbocycles. The number of aliphatic hydroxyl groups excluding tert-OH is 1. The lowest BCUT2D eigenvalue weighted by atomic mass is 10.9. The molecule has 0 unspecified atom stereocenters. The Morgan fingerprint density at radius 3 is 1.67 bits per heavy atom. The molecule has 0 rings (SSSR count). The molecular weight excluding hydrogens is 122 g/mol. The van der Waals surface area contributed by atoms with Gasteiger partial charge in [-0.05, 0) is 0 Å². The van der Waals surface area contributed by atoms with E-state index < -0.39 is 0 Å². The van der Waals surface area contributed by atoms with Crippen molar-refractivity contribution in [2.24, 2.45) is 0 Å². The van der Waals surface area contributed by atoms with E-state index in [9.17, 15) is 0 Å². The van der Waals surface area contributed by atoms with Gasteiger partial charge in [0.1, 0.15) is 0 Å². The molecule has 0 fully saturated rings. The molecule has 0 aromatic heterocycles. The first kappa shape index (κ1) is 16.0. The van der Waals surface area contributed by atoms with Gasteiger partial charge in [-0.25, -0.2) is 0 Å². The fourth-order valence-corrected chi connectivity index (χ4v) is 0. The lowest BCUT2D eigenvalue weighted by Gasteiger charge is -1.69. The predicted molar refractivity (Wildman–Crippen MR) is 33.2 cm³/mol. The quantitative estimate of drug-likeness (QED) is 0.454. The highest BCUT2D eigenvalue weighted by Gasteiger charge is 1.57. The highest BCUT2D eigenvalue weighted by molar-refractivity contribution is 7.80. The fraction of sp³-hybridized carbons (Fsp3) is 1.00. The number of rotatable bonds is 1. The molecule has 2 nitrogen and oxygen atoms in total. The highest BCUT2D eigenvalue weighted by Crippen LogP contribution is 1.61. The maximum atomic E-state index is 7.80. The highest BCUT2D eigenvalue weighted by atomic mass is 35.5. The lowest BCUT2D eigenvalue weighted by molar-refractivity contribution is 0.323. The summed E-state index contributed by atoms with van der Waals surface area (Å²) in [4.78, 5) is 0. The molecule has 0 atom stereocenters. The Kier molecular flexibility index (Phi) is 47.0. The van der Waals surface area contributed by atoms with Crippen molar-refractivity contribution in [3.05, 3.63) is 0 Å². The molecule has 0 aliphatic rings. The number of halogens is 1. The van der Waals surface area contributed by atoms with Gasteiger partial charge in [-0.1, -0.05) is 0 Å². The first-order chi connectivity index (χ1) is 1.91. The van der Waals surface area contributed by atoms with E-state index in [0.717, 1.165) is 0 Å².